The molecule has 3 aromatic rings. The summed E-state index contributed by atoms with van der Waals surface area (Å²) < 4.78 is 31.5. The Morgan fingerprint density at radius 2 is 1.86 bits per heavy atom. The zero-order valence-electron chi connectivity index (χ0n) is 20.3. The summed E-state index contributed by atoms with van der Waals surface area (Å²) >= 11 is 0. The van der Waals surface area contributed by atoms with E-state index in [4.69, 9.17) is 4.74 Å². The summed E-state index contributed by atoms with van der Waals surface area (Å²) in [5.74, 6) is -0.940. The molecular weight excluding hydrogens is 499 g/mol. The summed E-state index contributed by atoms with van der Waals surface area (Å²) in [6.07, 6.45) is 4.83. The highest BCUT2D eigenvalue weighted by atomic mass is 32.2. The number of carbonyl (C=O) groups is 1. The lowest BCUT2D eigenvalue weighted by molar-refractivity contribution is -0.763. The molecular formula is C27H23FN2O6S. The second-order valence-corrected chi connectivity index (χ2v) is 9.78. The third-order valence-corrected chi connectivity index (χ3v) is 7.00. The van der Waals surface area contributed by atoms with Gasteiger partial charge in [0.25, 0.3) is 5.09 Å². The maximum atomic E-state index is 14.2. The molecule has 0 fully saturated rings. The van der Waals surface area contributed by atoms with Gasteiger partial charge in [0, 0.05) is 39.4 Å². The smallest absolute Gasteiger partial charge is 0.315 e. The van der Waals surface area contributed by atoms with Crippen LogP contribution in [0.25, 0.3) is 17.2 Å². The maximum Gasteiger partial charge on any atom is 0.315 e. The molecule has 0 amide bonds. The van der Waals surface area contributed by atoms with Crippen molar-refractivity contribution in [3.05, 3.63) is 104 Å². The second kappa shape index (κ2) is 10.8. The molecule has 0 spiro atoms. The highest BCUT2D eigenvalue weighted by molar-refractivity contribution is 7.84. The van der Waals surface area contributed by atoms with Gasteiger partial charge < -0.3 is 9.57 Å². The van der Waals surface area contributed by atoms with Gasteiger partial charge in [-0.3, -0.25) is 14.0 Å². The molecule has 1 atom stereocenters. The first-order chi connectivity index (χ1) is 17.6. The SMILES string of the molecule is CC1=C(CC(=O)Oc2ccnc(C)c2CO[N+](=O)[O-])c2cc(F)ccc2/C1=C\c1ccc(S(C)=O)cc1. The molecule has 0 radical (unpaired) electrons. The van der Waals surface area contributed by atoms with Crippen molar-refractivity contribution in [3.63, 3.8) is 0 Å². The van der Waals surface area contributed by atoms with E-state index in [-0.39, 0.29) is 17.7 Å². The lowest BCUT2D eigenvalue weighted by atomic mass is 10.0. The van der Waals surface area contributed by atoms with Crippen LogP contribution in [0.15, 0.2) is 65.2 Å². The highest BCUT2D eigenvalue weighted by Crippen LogP contribution is 2.44. The van der Waals surface area contributed by atoms with Crippen LogP contribution in [0.5, 0.6) is 5.75 Å². The largest absolute Gasteiger partial charge is 0.426 e. The molecule has 1 aromatic heterocycles. The molecule has 0 N–H and O–H groups in total. The van der Waals surface area contributed by atoms with Crippen LogP contribution in [0.2, 0.25) is 0 Å². The van der Waals surface area contributed by atoms with Gasteiger partial charge in [-0.1, -0.05) is 18.2 Å². The topological polar surface area (TPSA) is 109 Å². The lowest BCUT2D eigenvalue weighted by Crippen LogP contribution is -2.12. The van der Waals surface area contributed by atoms with Crippen molar-refractivity contribution in [2.75, 3.05) is 6.26 Å². The van der Waals surface area contributed by atoms with Gasteiger partial charge in [0.1, 0.15) is 18.2 Å². The third-order valence-electron chi connectivity index (χ3n) is 6.06. The van der Waals surface area contributed by atoms with Crippen LogP contribution < -0.4 is 4.74 Å². The Morgan fingerprint density at radius 1 is 1.14 bits per heavy atom. The van der Waals surface area contributed by atoms with E-state index in [1.54, 1.807) is 31.4 Å². The Labute approximate surface area is 215 Å². The van der Waals surface area contributed by atoms with E-state index in [9.17, 15) is 23.5 Å². The molecule has 0 aliphatic heterocycles. The molecule has 1 aliphatic rings. The summed E-state index contributed by atoms with van der Waals surface area (Å²) in [4.78, 5) is 32.9. The minimum Gasteiger partial charge on any atom is -0.426 e. The normalized spacial score (nSPS) is 14.4. The lowest BCUT2D eigenvalue weighted by Gasteiger charge is -2.12. The summed E-state index contributed by atoms with van der Waals surface area (Å²) in [5, 5.41) is 9.70. The fourth-order valence-electron chi connectivity index (χ4n) is 4.17. The first-order valence-corrected chi connectivity index (χ1v) is 12.8. The van der Waals surface area contributed by atoms with E-state index in [0.29, 0.717) is 21.7 Å². The van der Waals surface area contributed by atoms with Gasteiger partial charge >= 0.3 is 5.97 Å². The highest BCUT2D eigenvalue weighted by Gasteiger charge is 2.27. The van der Waals surface area contributed by atoms with E-state index < -0.39 is 34.3 Å². The number of rotatable bonds is 8. The molecule has 0 saturated carbocycles. The number of carbonyl (C=O) groups excluding carboxylic acids is 1. The molecule has 0 bridgehead atoms. The Hall–Kier alpha value is -4.18. The molecule has 10 heteroatoms. The molecule has 4 rings (SSSR count). The van der Waals surface area contributed by atoms with Crippen molar-refractivity contribution in [1.82, 2.24) is 4.98 Å². The number of allylic oxidation sites excluding steroid dienone is 2. The van der Waals surface area contributed by atoms with Crippen LogP contribution in [-0.2, 0) is 27.0 Å². The second-order valence-electron chi connectivity index (χ2n) is 8.40. The quantitative estimate of drug-likeness (QED) is 0.224. The van der Waals surface area contributed by atoms with Crippen molar-refractivity contribution in [2.45, 2.75) is 31.8 Å². The molecule has 1 aliphatic carbocycles. The number of hydrogen-bond acceptors (Lipinski definition) is 7. The van der Waals surface area contributed by atoms with Crippen LogP contribution in [0.4, 0.5) is 4.39 Å². The number of aryl methyl sites for hydroxylation is 1. The van der Waals surface area contributed by atoms with Gasteiger partial charge in [0.2, 0.25) is 0 Å². The van der Waals surface area contributed by atoms with E-state index in [0.717, 1.165) is 22.3 Å². The molecule has 190 valence electrons. The number of fused-ring (bicyclic) bond motifs is 1. The number of halogens is 1. The van der Waals surface area contributed by atoms with Crippen LogP contribution in [-0.4, -0.2) is 26.5 Å². The van der Waals surface area contributed by atoms with Crippen molar-refractivity contribution in [1.29, 1.82) is 0 Å². The third kappa shape index (κ3) is 5.80. The monoisotopic (exact) mass is 522 g/mol. The van der Waals surface area contributed by atoms with Gasteiger partial charge in [-0.15, -0.1) is 10.1 Å². The maximum absolute atomic E-state index is 14.2. The summed E-state index contributed by atoms with van der Waals surface area (Å²) in [6, 6.07) is 13.1. The van der Waals surface area contributed by atoms with Crippen LogP contribution in [0, 0.1) is 22.9 Å². The number of benzene rings is 2. The van der Waals surface area contributed by atoms with E-state index in [2.05, 4.69) is 9.82 Å². The Balaban J connectivity index is 1.65. The van der Waals surface area contributed by atoms with Gasteiger partial charge in [0.15, 0.2) is 0 Å². The molecule has 1 heterocycles. The number of aromatic nitrogens is 1. The van der Waals surface area contributed by atoms with Crippen molar-refractivity contribution < 1.29 is 28.1 Å². The summed E-state index contributed by atoms with van der Waals surface area (Å²) in [7, 11) is -1.09. The fourth-order valence-corrected chi connectivity index (χ4v) is 4.69. The van der Waals surface area contributed by atoms with Crippen LogP contribution in [0.3, 0.4) is 0 Å². The fraction of sp³-hybridized carbons (Fsp3) is 0.185. The number of ether oxygens (including phenoxy) is 1. The molecule has 1 unspecified atom stereocenters. The first-order valence-electron chi connectivity index (χ1n) is 11.2. The Morgan fingerprint density at radius 3 is 2.54 bits per heavy atom. The minimum absolute atomic E-state index is 0.110. The molecule has 0 saturated heterocycles. The predicted molar refractivity (Wildman–Crippen MR) is 137 cm³/mol. The van der Waals surface area contributed by atoms with Gasteiger partial charge in [0.05, 0.1) is 6.42 Å². The number of hydrogen-bond donors (Lipinski definition) is 0. The van der Waals surface area contributed by atoms with Gasteiger partial charge in [-0.05, 0) is 83.7 Å². The molecule has 2 aromatic carbocycles. The number of esters is 1. The van der Waals surface area contributed by atoms with Gasteiger partial charge in [-0.2, -0.15) is 0 Å². The van der Waals surface area contributed by atoms with Crippen LogP contribution in [0.1, 0.15) is 41.3 Å². The predicted octanol–water partition coefficient (Wildman–Crippen LogP) is 5.30. The van der Waals surface area contributed by atoms with Gasteiger partial charge in [-0.25, -0.2) is 4.39 Å². The van der Waals surface area contributed by atoms with E-state index in [1.807, 2.05) is 25.1 Å². The Bertz CT molecular complexity index is 1480. The van der Waals surface area contributed by atoms with E-state index >= 15 is 0 Å². The average molecular weight is 523 g/mol. The summed E-state index contributed by atoms with van der Waals surface area (Å²) in [6.45, 7) is 3.07. The number of pyridine rings is 1. The van der Waals surface area contributed by atoms with Crippen molar-refractivity contribution >= 4 is 34.0 Å². The summed E-state index contributed by atoms with van der Waals surface area (Å²) in [5.41, 5.74) is 5.20. The Kier molecular flexibility index (Phi) is 7.58. The first kappa shape index (κ1) is 25.9. The minimum atomic E-state index is -1.09. The molecule has 8 nitrogen and oxygen atoms in total. The van der Waals surface area contributed by atoms with Crippen molar-refractivity contribution in [3.8, 4) is 5.75 Å². The van der Waals surface area contributed by atoms with E-state index in [1.165, 1.54) is 24.4 Å². The standard InChI is InChI=1S/C27H23FN2O6S/c1-16-22(12-18-4-7-20(8-5-18)37(3)34)21-9-6-19(28)13-24(21)23(16)14-27(31)36-26-10-11-29-17(2)25(26)15-35-30(32)33/h4-13H,14-15H2,1-3H3/b22-12-. The van der Waals surface area contributed by atoms with Crippen LogP contribution >= 0.6 is 0 Å². The number of nitrogens with zero attached hydrogens (tertiary/aromatic N) is 2. The zero-order chi connectivity index (χ0) is 26.7. The molecule has 37 heavy (non-hydrogen) atoms. The average Bonchev–Trinajstić information content (AvgIpc) is 3.09. The van der Waals surface area contributed by atoms with Crippen molar-refractivity contribution in [2.24, 2.45) is 0 Å². The zero-order valence-corrected chi connectivity index (χ0v) is 21.1.